The summed E-state index contributed by atoms with van der Waals surface area (Å²) in [6.45, 7) is 4.15. The third-order valence-electron chi connectivity index (χ3n) is 2.32. The summed E-state index contributed by atoms with van der Waals surface area (Å²) in [5, 5.41) is 12.6. The average molecular weight is 263 g/mol. The Morgan fingerprint density at radius 2 is 2.06 bits per heavy atom. The minimum absolute atomic E-state index is 0.0602. The number of allylic oxidation sites excluding steroid dienone is 1. The summed E-state index contributed by atoms with van der Waals surface area (Å²) in [4.78, 5) is 0.0602. The molecular formula is C11H11N4O2S. The molecule has 0 amide bonds. The summed E-state index contributed by atoms with van der Waals surface area (Å²) < 4.78 is 23.9. The molecule has 0 fully saturated rings. The van der Waals surface area contributed by atoms with E-state index in [2.05, 4.69) is 23.1 Å². The Labute approximate surface area is 105 Å². The number of sulfonamides is 1. The fourth-order valence-electron chi connectivity index (χ4n) is 1.49. The first-order valence-corrected chi connectivity index (χ1v) is 6.62. The molecule has 1 heterocycles. The minimum atomic E-state index is -3.68. The van der Waals surface area contributed by atoms with Gasteiger partial charge in [0.1, 0.15) is 0 Å². The summed E-state index contributed by atoms with van der Waals surface area (Å²) in [7, 11) is -3.68. The normalized spacial score (nSPS) is 11.4. The average Bonchev–Trinajstić information content (AvgIpc) is 2.77. The molecule has 18 heavy (non-hydrogen) atoms. The second kappa shape index (κ2) is 4.71. The van der Waals surface area contributed by atoms with Crippen molar-refractivity contribution in [3.8, 4) is 11.4 Å². The van der Waals surface area contributed by atoms with Crippen LogP contribution in [-0.4, -0.2) is 23.2 Å². The van der Waals surface area contributed by atoms with E-state index in [-0.39, 0.29) is 4.90 Å². The van der Waals surface area contributed by atoms with Crippen LogP contribution in [0.5, 0.6) is 0 Å². The Kier molecular flexibility index (Phi) is 3.26. The molecule has 2 N–H and O–H groups in total. The van der Waals surface area contributed by atoms with E-state index in [1.165, 1.54) is 12.1 Å². The molecule has 0 aliphatic carbocycles. The highest BCUT2D eigenvalue weighted by atomic mass is 32.2. The lowest BCUT2D eigenvalue weighted by atomic mass is 10.2. The van der Waals surface area contributed by atoms with E-state index in [0.717, 1.165) is 5.56 Å². The van der Waals surface area contributed by atoms with Crippen LogP contribution in [0.15, 0.2) is 41.8 Å². The van der Waals surface area contributed by atoms with Gasteiger partial charge in [-0.15, -0.1) is 16.8 Å². The van der Waals surface area contributed by atoms with Crippen LogP contribution in [-0.2, 0) is 16.6 Å². The predicted octanol–water partition coefficient (Wildman–Crippen LogP) is 0.579. The molecule has 1 aromatic heterocycles. The number of primary sulfonamides is 1. The Morgan fingerprint density at radius 1 is 1.39 bits per heavy atom. The second-order valence-electron chi connectivity index (χ2n) is 3.59. The van der Waals surface area contributed by atoms with Crippen LogP contribution in [0.1, 0.15) is 0 Å². The topological polar surface area (TPSA) is 90.9 Å². The Morgan fingerprint density at radius 3 is 2.61 bits per heavy atom. The molecule has 2 rings (SSSR count). The van der Waals surface area contributed by atoms with Gasteiger partial charge in [-0.05, 0) is 24.3 Å². The van der Waals surface area contributed by atoms with Crippen LogP contribution in [0, 0.1) is 6.33 Å². The highest BCUT2D eigenvalue weighted by molar-refractivity contribution is 7.89. The number of nitrogens with two attached hydrogens (primary N) is 1. The van der Waals surface area contributed by atoms with Gasteiger partial charge in [0.05, 0.1) is 4.90 Å². The van der Waals surface area contributed by atoms with Crippen LogP contribution in [0.3, 0.4) is 0 Å². The van der Waals surface area contributed by atoms with Gasteiger partial charge in [-0.2, -0.15) is 0 Å². The van der Waals surface area contributed by atoms with Gasteiger partial charge < -0.3 is 4.57 Å². The van der Waals surface area contributed by atoms with E-state index in [0.29, 0.717) is 12.4 Å². The van der Waals surface area contributed by atoms with Crippen molar-refractivity contribution in [2.75, 3.05) is 0 Å². The van der Waals surface area contributed by atoms with Crippen molar-refractivity contribution in [1.82, 2.24) is 14.8 Å². The van der Waals surface area contributed by atoms with Crippen molar-refractivity contribution in [2.45, 2.75) is 11.4 Å². The monoisotopic (exact) mass is 263 g/mol. The molecular weight excluding hydrogens is 252 g/mol. The molecule has 0 atom stereocenters. The van der Waals surface area contributed by atoms with Crippen LogP contribution in [0.25, 0.3) is 11.4 Å². The van der Waals surface area contributed by atoms with Crippen molar-refractivity contribution >= 4 is 10.0 Å². The lowest BCUT2D eigenvalue weighted by Crippen LogP contribution is -2.11. The van der Waals surface area contributed by atoms with E-state index < -0.39 is 10.0 Å². The molecule has 0 unspecified atom stereocenters. The molecule has 1 radical (unpaired) electrons. The maximum absolute atomic E-state index is 11.1. The van der Waals surface area contributed by atoms with Crippen molar-refractivity contribution in [2.24, 2.45) is 5.14 Å². The first-order chi connectivity index (χ1) is 8.52. The zero-order valence-corrected chi connectivity index (χ0v) is 10.3. The molecule has 0 aliphatic rings. The number of aromatic nitrogens is 3. The van der Waals surface area contributed by atoms with Gasteiger partial charge >= 0.3 is 0 Å². The van der Waals surface area contributed by atoms with Gasteiger partial charge in [0, 0.05) is 12.1 Å². The largest absolute Gasteiger partial charge is 0.300 e. The second-order valence-corrected chi connectivity index (χ2v) is 5.15. The molecule has 0 aliphatic heterocycles. The zero-order chi connectivity index (χ0) is 13.2. The fourth-order valence-corrected chi connectivity index (χ4v) is 2.00. The molecule has 93 valence electrons. The molecule has 0 bridgehead atoms. The zero-order valence-electron chi connectivity index (χ0n) is 9.44. The molecule has 1 aromatic carbocycles. The van der Waals surface area contributed by atoms with E-state index in [4.69, 9.17) is 5.14 Å². The van der Waals surface area contributed by atoms with Crippen molar-refractivity contribution in [3.05, 3.63) is 43.2 Å². The van der Waals surface area contributed by atoms with E-state index >= 15 is 0 Å². The highest BCUT2D eigenvalue weighted by Gasteiger charge is 2.10. The third kappa shape index (κ3) is 2.47. The Hall–Kier alpha value is -1.99. The van der Waals surface area contributed by atoms with Gasteiger partial charge in [0.25, 0.3) is 0 Å². The molecule has 7 heteroatoms. The molecule has 0 saturated heterocycles. The molecule has 6 nitrogen and oxygen atoms in total. The van der Waals surface area contributed by atoms with Gasteiger partial charge in [0.2, 0.25) is 16.4 Å². The fraction of sp³-hybridized carbons (Fsp3) is 0.0909. The minimum Gasteiger partial charge on any atom is -0.300 e. The molecule has 0 saturated carbocycles. The van der Waals surface area contributed by atoms with Crippen LogP contribution in [0.4, 0.5) is 0 Å². The van der Waals surface area contributed by atoms with E-state index in [1.807, 2.05) is 0 Å². The van der Waals surface area contributed by atoms with Crippen LogP contribution < -0.4 is 5.14 Å². The molecule has 2 aromatic rings. The maximum atomic E-state index is 11.1. The molecule has 0 spiro atoms. The van der Waals surface area contributed by atoms with Gasteiger partial charge in [-0.3, -0.25) is 0 Å². The summed E-state index contributed by atoms with van der Waals surface area (Å²) in [5.41, 5.74) is 0.734. The van der Waals surface area contributed by atoms with Crippen LogP contribution in [0.2, 0.25) is 0 Å². The van der Waals surface area contributed by atoms with Crippen LogP contribution >= 0.6 is 0 Å². The number of benzene rings is 1. The van der Waals surface area contributed by atoms with Crippen molar-refractivity contribution in [1.29, 1.82) is 0 Å². The highest BCUT2D eigenvalue weighted by Crippen LogP contribution is 2.18. The first kappa shape index (κ1) is 12.5. The number of hydrogen-bond acceptors (Lipinski definition) is 4. The number of hydrogen-bond donors (Lipinski definition) is 1. The first-order valence-electron chi connectivity index (χ1n) is 5.07. The summed E-state index contributed by atoms with van der Waals surface area (Å²) in [6.07, 6.45) is 4.39. The Balaban J connectivity index is 2.40. The SMILES string of the molecule is C=CCn1[c]nnc1-c1ccc(S(N)(=O)=O)cc1. The third-order valence-corrected chi connectivity index (χ3v) is 3.25. The number of nitrogens with zero attached hydrogens (tertiary/aromatic N) is 3. The van der Waals surface area contributed by atoms with Gasteiger partial charge in [-0.25, -0.2) is 13.6 Å². The van der Waals surface area contributed by atoms with Gasteiger partial charge in [-0.1, -0.05) is 6.08 Å². The predicted molar refractivity (Wildman–Crippen MR) is 65.9 cm³/mol. The smallest absolute Gasteiger partial charge is 0.238 e. The lowest BCUT2D eigenvalue weighted by Gasteiger charge is -2.04. The van der Waals surface area contributed by atoms with E-state index in [9.17, 15) is 8.42 Å². The summed E-state index contributed by atoms with van der Waals surface area (Å²) in [6, 6.07) is 6.10. The summed E-state index contributed by atoms with van der Waals surface area (Å²) in [5.74, 6) is 0.593. The quantitative estimate of drug-likeness (QED) is 0.817. The van der Waals surface area contributed by atoms with Gasteiger partial charge in [0.15, 0.2) is 5.82 Å². The summed E-state index contributed by atoms with van der Waals surface area (Å²) >= 11 is 0. The number of rotatable bonds is 4. The Bertz CT molecular complexity index is 659. The van der Waals surface area contributed by atoms with Crippen molar-refractivity contribution < 1.29 is 8.42 Å². The maximum Gasteiger partial charge on any atom is 0.238 e. The van der Waals surface area contributed by atoms with E-state index in [1.54, 1.807) is 22.8 Å². The lowest BCUT2D eigenvalue weighted by molar-refractivity contribution is 0.598. The van der Waals surface area contributed by atoms with Crippen molar-refractivity contribution in [3.63, 3.8) is 0 Å². The standard InChI is InChI=1S/C11H11N4O2S/c1-2-7-15-8-13-14-11(15)9-3-5-10(6-4-9)18(12,16)17/h2-6H,1,7H2,(H2,12,16,17).